The Hall–Kier alpha value is -2.35. The summed E-state index contributed by atoms with van der Waals surface area (Å²) in [5, 5.41) is 13.9. The number of anilines is 1. The number of amides is 1. The first-order chi connectivity index (χ1) is 12.0. The summed E-state index contributed by atoms with van der Waals surface area (Å²) in [4.78, 5) is 14.8. The second-order valence-corrected chi connectivity index (χ2v) is 7.72. The summed E-state index contributed by atoms with van der Waals surface area (Å²) in [6.45, 7) is 4.76. The molecular weight excluding hydrogens is 341 g/mol. The van der Waals surface area contributed by atoms with Crippen molar-refractivity contribution in [3.8, 4) is 0 Å². The van der Waals surface area contributed by atoms with Crippen LogP contribution in [0.5, 0.6) is 0 Å². The van der Waals surface area contributed by atoms with Gasteiger partial charge in [0.25, 0.3) is 0 Å². The Morgan fingerprint density at radius 2 is 2.20 bits per heavy atom. The highest BCUT2D eigenvalue weighted by atomic mass is 32.1. The number of carbonyl (C=O) groups excluding carboxylic acids is 1. The highest BCUT2D eigenvalue weighted by Crippen LogP contribution is 2.34. The first kappa shape index (κ1) is 16.1. The molecule has 0 N–H and O–H groups in total. The van der Waals surface area contributed by atoms with E-state index in [9.17, 15) is 9.18 Å². The first-order valence-electron chi connectivity index (χ1n) is 8.28. The summed E-state index contributed by atoms with van der Waals surface area (Å²) in [6.07, 6.45) is 1.18. The Bertz CT molecular complexity index is 934. The highest BCUT2D eigenvalue weighted by Gasteiger charge is 2.34. The molecule has 1 atom stereocenters. The molecule has 1 aromatic carbocycles. The van der Waals surface area contributed by atoms with Crippen LogP contribution in [0.15, 0.2) is 24.3 Å². The van der Waals surface area contributed by atoms with Gasteiger partial charge in [-0.05, 0) is 24.1 Å². The normalized spacial score (nSPS) is 18.0. The summed E-state index contributed by atoms with van der Waals surface area (Å²) in [6, 6.07) is 6.13. The van der Waals surface area contributed by atoms with Gasteiger partial charge in [-0.15, -0.1) is 10.2 Å². The summed E-state index contributed by atoms with van der Waals surface area (Å²) in [5.41, 5.74) is 0.594. The van der Waals surface area contributed by atoms with Crippen molar-refractivity contribution in [1.29, 1.82) is 0 Å². The van der Waals surface area contributed by atoms with Gasteiger partial charge in [0.15, 0.2) is 5.82 Å². The van der Waals surface area contributed by atoms with E-state index in [1.54, 1.807) is 21.5 Å². The standard InChI is InChI=1S/C17H18FN5OS/c1-10(2)6-14-19-20-17-23(14)21-16(25-17)11-7-15(24)22(9-11)13-5-3-4-12(18)8-13/h3-5,8,10-11H,6-7,9H2,1-2H3/t11-/m0/s1. The molecule has 1 aliphatic heterocycles. The minimum Gasteiger partial charge on any atom is -0.312 e. The predicted molar refractivity (Wildman–Crippen MR) is 93.3 cm³/mol. The Morgan fingerprint density at radius 3 is 2.96 bits per heavy atom. The van der Waals surface area contributed by atoms with Crippen LogP contribution < -0.4 is 4.90 Å². The van der Waals surface area contributed by atoms with Crippen molar-refractivity contribution in [1.82, 2.24) is 19.8 Å². The Kier molecular flexibility index (Phi) is 3.99. The first-order valence-corrected chi connectivity index (χ1v) is 9.10. The summed E-state index contributed by atoms with van der Waals surface area (Å²) in [7, 11) is 0. The highest BCUT2D eigenvalue weighted by molar-refractivity contribution is 7.16. The second kappa shape index (κ2) is 6.18. The molecule has 0 unspecified atom stereocenters. The molecule has 0 bridgehead atoms. The zero-order valence-electron chi connectivity index (χ0n) is 14.0. The predicted octanol–water partition coefficient (Wildman–Crippen LogP) is 3.04. The maximum Gasteiger partial charge on any atom is 0.234 e. The van der Waals surface area contributed by atoms with Crippen molar-refractivity contribution in [3.05, 3.63) is 40.9 Å². The average molecular weight is 359 g/mol. The minimum absolute atomic E-state index is 0.00522. The van der Waals surface area contributed by atoms with Crippen LogP contribution in [0.1, 0.15) is 37.0 Å². The average Bonchev–Trinajstić information content (AvgIpc) is 3.22. The van der Waals surface area contributed by atoms with E-state index < -0.39 is 0 Å². The smallest absolute Gasteiger partial charge is 0.234 e. The second-order valence-electron chi connectivity index (χ2n) is 6.73. The number of nitrogens with zero attached hydrogens (tertiary/aromatic N) is 5. The van der Waals surface area contributed by atoms with E-state index in [-0.39, 0.29) is 17.6 Å². The lowest BCUT2D eigenvalue weighted by atomic mass is 10.1. The fourth-order valence-electron chi connectivity index (χ4n) is 3.10. The van der Waals surface area contributed by atoms with E-state index >= 15 is 0 Å². The van der Waals surface area contributed by atoms with Gasteiger partial charge in [-0.25, -0.2) is 4.39 Å². The van der Waals surface area contributed by atoms with Crippen molar-refractivity contribution in [2.75, 3.05) is 11.4 Å². The van der Waals surface area contributed by atoms with E-state index in [1.807, 2.05) is 0 Å². The van der Waals surface area contributed by atoms with Crippen LogP contribution in [0.25, 0.3) is 4.96 Å². The Balaban J connectivity index is 1.59. The lowest BCUT2D eigenvalue weighted by Gasteiger charge is -2.16. The zero-order chi connectivity index (χ0) is 17.6. The topological polar surface area (TPSA) is 63.4 Å². The molecule has 3 aromatic rings. The third-order valence-electron chi connectivity index (χ3n) is 4.26. The number of halogens is 1. The lowest BCUT2D eigenvalue weighted by molar-refractivity contribution is -0.117. The molecule has 1 aliphatic rings. The largest absolute Gasteiger partial charge is 0.312 e. The SMILES string of the molecule is CC(C)Cc1nnc2sc([C@H]3CC(=O)N(c4cccc(F)c4)C3)nn12. The van der Waals surface area contributed by atoms with E-state index in [0.29, 0.717) is 24.6 Å². The molecule has 0 radical (unpaired) electrons. The van der Waals surface area contributed by atoms with Crippen molar-refractivity contribution < 1.29 is 9.18 Å². The van der Waals surface area contributed by atoms with Crippen molar-refractivity contribution in [3.63, 3.8) is 0 Å². The number of hydrogen-bond acceptors (Lipinski definition) is 5. The maximum atomic E-state index is 13.4. The molecule has 4 rings (SSSR count). The van der Waals surface area contributed by atoms with Crippen LogP contribution in [0.3, 0.4) is 0 Å². The van der Waals surface area contributed by atoms with Crippen molar-refractivity contribution in [2.24, 2.45) is 5.92 Å². The molecular formula is C17H18FN5OS. The van der Waals surface area contributed by atoms with Gasteiger partial charge in [0.1, 0.15) is 10.8 Å². The number of carbonyl (C=O) groups is 1. The number of rotatable bonds is 4. The van der Waals surface area contributed by atoms with Gasteiger partial charge in [0.2, 0.25) is 10.9 Å². The minimum atomic E-state index is -0.342. The van der Waals surface area contributed by atoms with Gasteiger partial charge in [-0.1, -0.05) is 31.3 Å². The van der Waals surface area contributed by atoms with Gasteiger partial charge in [0.05, 0.1) is 0 Å². The fraction of sp³-hybridized carbons (Fsp3) is 0.412. The molecule has 0 aliphatic carbocycles. The van der Waals surface area contributed by atoms with Crippen LogP contribution >= 0.6 is 11.3 Å². The van der Waals surface area contributed by atoms with Gasteiger partial charge >= 0.3 is 0 Å². The fourth-order valence-corrected chi connectivity index (χ4v) is 4.04. The summed E-state index contributed by atoms with van der Waals surface area (Å²) < 4.78 is 15.2. The lowest BCUT2D eigenvalue weighted by Crippen LogP contribution is -2.24. The van der Waals surface area contributed by atoms with E-state index in [1.165, 1.54) is 23.5 Å². The molecule has 6 nitrogen and oxygen atoms in total. The molecule has 2 aromatic heterocycles. The van der Waals surface area contributed by atoms with Crippen LogP contribution in [0.2, 0.25) is 0 Å². The van der Waals surface area contributed by atoms with Crippen LogP contribution in [-0.4, -0.2) is 32.3 Å². The number of hydrogen-bond donors (Lipinski definition) is 0. The zero-order valence-corrected chi connectivity index (χ0v) is 14.8. The van der Waals surface area contributed by atoms with Crippen molar-refractivity contribution >= 4 is 27.9 Å². The number of fused-ring (bicyclic) bond motifs is 1. The third kappa shape index (κ3) is 3.02. The van der Waals surface area contributed by atoms with Gasteiger partial charge in [0, 0.05) is 31.0 Å². The molecule has 0 spiro atoms. The molecule has 8 heteroatoms. The van der Waals surface area contributed by atoms with Gasteiger partial charge < -0.3 is 4.90 Å². The molecule has 1 saturated heterocycles. The molecule has 130 valence electrons. The van der Waals surface area contributed by atoms with Gasteiger partial charge in [-0.3, -0.25) is 4.79 Å². The molecule has 1 fully saturated rings. The van der Waals surface area contributed by atoms with Gasteiger partial charge in [-0.2, -0.15) is 9.61 Å². The molecule has 3 heterocycles. The maximum absolute atomic E-state index is 13.4. The van der Waals surface area contributed by atoms with Crippen LogP contribution in [0.4, 0.5) is 10.1 Å². The van der Waals surface area contributed by atoms with E-state index in [2.05, 4.69) is 29.1 Å². The third-order valence-corrected chi connectivity index (χ3v) is 5.32. The van der Waals surface area contributed by atoms with Crippen LogP contribution in [-0.2, 0) is 11.2 Å². The van der Waals surface area contributed by atoms with E-state index in [0.717, 1.165) is 22.2 Å². The Morgan fingerprint density at radius 1 is 1.36 bits per heavy atom. The molecule has 0 saturated carbocycles. The number of benzene rings is 1. The van der Waals surface area contributed by atoms with Crippen LogP contribution in [0, 0.1) is 11.7 Å². The van der Waals surface area contributed by atoms with E-state index in [4.69, 9.17) is 0 Å². The molecule has 25 heavy (non-hydrogen) atoms. The quantitative estimate of drug-likeness (QED) is 0.718. The summed E-state index contributed by atoms with van der Waals surface area (Å²) in [5.74, 6) is 0.956. The Labute approximate surface area is 148 Å². The molecule has 1 amide bonds. The summed E-state index contributed by atoms with van der Waals surface area (Å²) >= 11 is 1.47. The van der Waals surface area contributed by atoms with Crippen molar-refractivity contribution in [2.45, 2.75) is 32.6 Å². The monoisotopic (exact) mass is 359 g/mol. The number of aromatic nitrogens is 4.